The molecule has 4 aliphatic heterocycles. The van der Waals surface area contributed by atoms with Crippen molar-refractivity contribution in [1.29, 1.82) is 0 Å². The van der Waals surface area contributed by atoms with E-state index in [0.717, 1.165) is 86.1 Å². The zero-order valence-electron chi connectivity index (χ0n) is 23.0. The van der Waals surface area contributed by atoms with Gasteiger partial charge in [0.2, 0.25) is 0 Å². The van der Waals surface area contributed by atoms with Crippen LogP contribution in [0, 0.1) is 5.82 Å². The van der Waals surface area contributed by atoms with Crippen molar-refractivity contribution in [2.75, 3.05) is 37.7 Å². The van der Waals surface area contributed by atoms with Crippen molar-refractivity contribution in [2.24, 2.45) is 0 Å². The van der Waals surface area contributed by atoms with E-state index in [9.17, 15) is 0 Å². The van der Waals surface area contributed by atoms with Crippen LogP contribution in [-0.2, 0) is 6.42 Å². The van der Waals surface area contributed by atoms with E-state index in [-0.39, 0.29) is 17.1 Å². The number of aromatic amines is 1. The molecule has 4 aliphatic rings. The Balaban J connectivity index is 1.24. The van der Waals surface area contributed by atoms with Crippen LogP contribution < -0.4 is 15.0 Å². The largest absolute Gasteiger partial charge is 0.461 e. The van der Waals surface area contributed by atoms with Crippen LogP contribution in [0.1, 0.15) is 51.0 Å². The number of ether oxygens (including phenoxy) is 1. The van der Waals surface area contributed by atoms with E-state index in [0.29, 0.717) is 29.8 Å². The summed E-state index contributed by atoms with van der Waals surface area (Å²) in [5, 5.41) is 5.35. The fourth-order valence-corrected chi connectivity index (χ4v) is 7.89. The third kappa shape index (κ3) is 3.81. The first-order valence-electron chi connectivity index (χ1n) is 15.0. The van der Waals surface area contributed by atoms with E-state index in [1.807, 2.05) is 18.3 Å². The van der Waals surface area contributed by atoms with Gasteiger partial charge in [0.15, 0.2) is 5.82 Å². The summed E-state index contributed by atoms with van der Waals surface area (Å²) in [6.45, 7) is 6.60. The summed E-state index contributed by atoms with van der Waals surface area (Å²) in [4.78, 5) is 22.5. The molecule has 0 amide bonds. The normalized spacial score (nSPS) is 23.9. The number of hydrogen-bond donors (Lipinski definition) is 2. The number of pyridine rings is 1. The van der Waals surface area contributed by atoms with Gasteiger partial charge in [-0.3, -0.25) is 9.88 Å². The van der Waals surface area contributed by atoms with Crippen molar-refractivity contribution in [2.45, 2.75) is 69.5 Å². The number of anilines is 1. The number of nitrogens with one attached hydrogen (secondary N) is 2. The first-order valence-corrected chi connectivity index (χ1v) is 15.0. The number of nitrogens with zero attached hydrogens (tertiary/aromatic N) is 5. The number of piperazine rings is 1. The van der Waals surface area contributed by atoms with E-state index < -0.39 is 5.82 Å². The van der Waals surface area contributed by atoms with Crippen molar-refractivity contribution in [1.82, 2.24) is 30.2 Å². The van der Waals surface area contributed by atoms with Gasteiger partial charge in [-0.2, -0.15) is 9.97 Å². The molecule has 0 radical (unpaired) electrons. The standard InChI is InChI=1S/C31H36FN7O/c1-2-19-6-3-7-24-25(19)22(14-33-24)27-26(32)28-23(15-34-27)29(38-16-20-8-9-21(17-38)35-20)37-30(36-28)40-18-31-10-4-12-39(31)13-5-11-31/h3,6-7,14-15,20-21,33,35H,2,4-5,8-13,16-18H2,1H3/t20-,21+. The van der Waals surface area contributed by atoms with Gasteiger partial charge < -0.3 is 19.9 Å². The second-order valence-electron chi connectivity index (χ2n) is 12.2. The highest BCUT2D eigenvalue weighted by molar-refractivity contribution is 6.00. The number of rotatable bonds is 6. The monoisotopic (exact) mass is 541 g/mol. The Morgan fingerprint density at radius 1 is 1.10 bits per heavy atom. The van der Waals surface area contributed by atoms with E-state index in [2.05, 4.69) is 33.1 Å². The van der Waals surface area contributed by atoms with Crippen LogP contribution in [0.15, 0.2) is 30.6 Å². The highest BCUT2D eigenvalue weighted by Crippen LogP contribution is 2.40. The molecule has 8 rings (SSSR count). The van der Waals surface area contributed by atoms with Gasteiger partial charge in [0.25, 0.3) is 0 Å². The smallest absolute Gasteiger partial charge is 0.319 e. The molecule has 2 bridgehead atoms. The summed E-state index contributed by atoms with van der Waals surface area (Å²) in [5.74, 6) is 0.314. The first kappa shape index (κ1) is 24.5. The van der Waals surface area contributed by atoms with Crippen LogP contribution in [0.25, 0.3) is 33.1 Å². The highest BCUT2D eigenvalue weighted by atomic mass is 19.1. The molecule has 7 heterocycles. The number of fused-ring (bicyclic) bond motifs is 5. The number of benzene rings is 1. The van der Waals surface area contributed by atoms with Crippen LogP contribution in [0.3, 0.4) is 0 Å². The van der Waals surface area contributed by atoms with Gasteiger partial charge in [-0.05, 0) is 69.7 Å². The molecule has 0 spiro atoms. The van der Waals surface area contributed by atoms with Gasteiger partial charge in [-0.1, -0.05) is 19.1 Å². The molecule has 0 unspecified atom stereocenters. The molecule has 9 heteroatoms. The average molecular weight is 542 g/mol. The lowest BCUT2D eigenvalue weighted by atomic mass is 9.95. The number of aromatic nitrogens is 4. The van der Waals surface area contributed by atoms with Gasteiger partial charge in [-0.25, -0.2) is 4.39 Å². The number of halogens is 1. The van der Waals surface area contributed by atoms with Crippen LogP contribution in [0.4, 0.5) is 10.2 Å². The van der Waals surface area contributed by atoms with Crippen molar-refractivity contribution in [3.8, 4) is 17.3 Å². The van der Waals surface area contributed by atoms with Gasteiger partial charge in [0.05, 0.1) is 10.9 Å². The highest BCUT2D eigenvalue weighted by Gasteiger charge is 2.45. The number of aryl methyl sites for hydroxylation is 1. The first-order chi connectivity index (χ1) is 19.6. The Labute approximate surface area is 233 Å². The zero-order valence-corrected chi connectivity index (χ0v) is 23.0. The summed E-state index contributed by atoms with van der Waals surface area (Å²) in [6.07, 6.45) is 11.5. The Morgan fingerprint density at radius 3 is 2.67 bits per heavy atom. The molecule has 2 atom stereocenters. The van der Waals surface area contributed by atoms with E-state index in [4.69, 9.17) is 19.7 Å². The molecule has 8 nitrogen and oxygen atoms in total. The van der Waals surface area contributed by atoms with Crippen LogP contribution in [0.5, 0.6) is 6.01 Å². The third-order valence-electron chi connectivity index (χ3n) is 9.87. The molecule has 4 fully saturated rings. The van der Waals surface area contributed by atoms with Crippen molar-refractivity contribution >= 4 is 27.6 Å². The second-order valence-corrected chi connectivity index (χ2v) is 12.2. The summed E-state index contributed by atoms with van der Waals surface area (Å²) in [7, 11) is 0. The minimum absolute atomic E-state index is 0.0647. The Hall–Kier alpha value is -3.30. The topological polar surface area (TPSA) is 82.2 Å². The molecule has 3 aromatic heterocycles. The molecular weight excluding hydrogens is 505 g/mol. The number of hydrogen-bond acceptors (Lipinski definition) is 7. The fourth-order valence-electron chi connectivity index (χ4n) is 7.89. The van der Waals surface area contributed by atoms with Crippen molar-refractivity contribution in [3.05, 3.63) is 42.0 Å². The Bertz CT molecular complexity index is 1580. The van der Waals surface area contributed by atoms with Gasteiger partial charge >= 0.3 is 6.01 Å². The molecule has 4 saturated heterocycles. The van der Waals surface area contributed by atoms with Gasteiger partial charge in [0, 0.05) is 54.0 Å². The van der Waals surface area contributed by atoms with E-state index in [1.165, 1.54) is 12.8 Å². The lowest BCUT2D eigenvalue weighted by Gasteiger charge is -2.34. The molecular formula is C31H36FN7O. The Morgan fingerprint density at radius 2 is 1.90 bits per heavy atom. The molecule has 2 N–H and O–H groups in total. The Kier molecular flexibility index (Phi) is 5.74. The van der Waals surface area contributed by atoms with Crippen molar-refractivity contribution < 1.29 is 9.13 Å². The van der Waals surface area contributed by atoms with Gasteiger partial charge in [-0.15, -0.1) is 0 Å². The summed E-state index contributed by atoms with van der Waals surface area (Å²) < 4.78 is 23.0. The number of H-pyrrole nitrogens is 1. The van der Waals surface area contributed by atoms with Crippen LogP contribution in [0.2, 0.25) is 0 Å². The van der Waals surface area contributed by atoms with E-state index in [1.54, 1.807) is 6.20 Å². The third-order valence-corrected chi connectivity index (χ3v) is 9.87. The average Bonchev–Trinajstić information content (AvgIpc) is 3.75. The maximum atomic E-state index is 16.6. The fraction of sp³-hybridized carbons (Fsp3) is 0.516. The van der Waals surface area contributed by atoms with Crippen LogP contribution >= 0.6 is 0 Å². The molecule has 0 saturated carbocycles. The van der Waals surface area contributed by atoms with Crippen molar-refractivity contribution in [3.63, 3.8) is 0 Å². The maximum absolute atomic E-state index is 16.6. The predicted octanol–water partition coefficient (Wildman–Crippen LogP) is 4.82. The summed E-state index contributed by atoms with van der Waals surface area (Å²) in [5.41, 5.74) is 3.57. The lowest BCUT2D eigenvalue weighted by Crippen LogP contribution is -2.51. The summed E-state index contributed by atoms with van der Waals surface area (Å²) >= 11 is 0. The molecule has 40 heavy (non-hydrogen) atoms. The maximum Gasteiger partial charge on any atom is 0.319 e. The lowest BCUT2D eigenvalue weighted by molar-refractivity contribution is 0.108. The predicted molar refractivity (Wildman–Crippen MR) is 154 cm³/mol. The molecule has 0 aliphatic carbocycles. The van der Waals surface area contributed by atoms with E-state index >= 15 is 4.39 Å². The minimum Gasteiger partial charge on any atom is -0.461 e. The molecule has 4 aromatic rings. The zero-order chi connectivity index (χ0) is 26.8. The second kappa shape index (κ2) is 9.38. The molecule has 1 aromatic carbocycles. The quantitative estimate of drug-likeness (QED) is 0.362. The minimum atomic E-state index is -0.419. The molecule has 208 valence electrons. The summed E-state index contributed by atoms with van der Waals surface area (Å²) in [6, 6.07) is 7.27. The SMILES string of the molecule is CCc1cccc2[nH]cc(-c3ncc4c(N5C[C@H]6CC[C@@H](C5)N6)nc(OCC56CCCN5CCC6)nc4c3F)c12. The van der Waals surface area contributed by atoms with Gasteiger partial charge in [0.1, 0.15) is 23.6 Å². The van der Waals surface area contributed by atoms with Crippen LogP contribution in [-0.4, -0.2) is 75.2 Å².